The van der Waals surface area contributed by atoms with Gasteiger partial charge in [-0.2, -0.15) is 0 Å². The summed E-state index contributed by atoms with van der Waals surface area (Å²) in [6, 6.07) is -0.833. The van der Waals surface area contributed by atoms with Crippen molar-refractivity contribution in [2.75, 3.05) is 6.35 Å². The maximum atomic E-state index is 9.00. The summed E-state index contributed by atoms with van der Waals surface area (Å²) in [5, 5.41) is 5.63. The van der Waals surface area contributed by atoms with Crippen LogP contribution in [0, 0.1) is 0 Å². The van der Waals surface area contributed by atoms with Crippen LogP contribution in [0.1, 0.15) is 0 Å². The molecule has 0 rings (SSSR count). The number of nitrogens with two attached hydrogens (primary N) is 2. The molecule has 10 heavy (non-hydrogen) atoms. The van der Waals surface area contributed by atoms with Crippen LogP contribution < -0.4 is 11.5 Å². The fourth-order valence-electron chi connectivity index (χ4n) is 0. The van der Waals surface area contributed by atoms with E-state index in [1.165, 1.54) is 0 Å². The number of carbonyl (C=O) groups is 1. The van der Waals surface area contributed by atoms with Gasteiger partial charge in [0.25, 0.3) is 0 Å². The van der Waals surface area contributed by atoms with Gasteiger partial charge in [-0.05, 0) is 0 Å². The molecule has 0 aromatic rings. The Bertz CT molecular complexity index is 101. The van der Waals surface area contributed by atoms with Crippen molar-refractivity contribution in [2.24, 2.45) is 11.5 Å². The van der Waals surface area contributed by atoms with Gasteiger partial charge in [-0.15, -0.1) is 0 Å². The predicted molar refractivity (Wildman–Crippen MR) is 45.3 cm³/mol. The second-order valence-corrected chi connectivity index (χ2v) is 9.23. The summed E-state index contributed by atoms with van der Waals surface area (Å²) in [7, 11) is 0. The Kier molecular flexibility index (Phi) is 8.22. The molecule has 0 aliphatic rings. The summed E-state index contributed by atoms with van der Waals surface area (Å²) in [5.41, 5.74) is 8.50. The molecule has 2 amide bonds. The molecule has 0 aliphatic heterocycles. The standard InChI is InChI=1S/CH3Cl3OP.CH4N2O/c2-6(3,4)1-5;2-1(3)4/h5H,1H2;(H4,2,3,4). The van der Waals surface area contributed by atoms with Crippen LogP contribution in [0.5, 0.6) is 0 Å². The summed E-state index contributed by atoms with van der Waals surface area (Å²) in [6.45, 7) is 0. The Hall–Kier alpha value is 0.530. The van der Waals surface area contributed by atoms with Crippen molar-refractivity contribution in [2.45, 2.75) is 0 Å². The van der Waals surface area contributed by atoms with Gasteiger partial charge in [-0.25, -0.2) is 4.79 Å². The highest BCUT2D eigenvalue weighted by Crippen LogP contribution is 2.72. The Morgan fingerprint density at radius 2 is 1.50 bits per heavy atom. The van der Waals surface area contributed by atoms with Crippen LogP contribution in [0.2, 0.25) is 0 Å². The zero-order valence-corrected chi connectivity index (χ0v) is 7.96. The number of hydrogen-bond acceptors (Lipinski definition) is 2. The quantitative estimate of drug-likeness (QED) is 0.593. The highest BCUT2D eigenvalue weighted by atomic mass is 36.1. The van der Waals surface area contributed by atoms with Crippen LogP contribution in [0.4, 0.5) is 4.79 Å². The lowest BCUT2D eigenvalue weighted by atomic mass is 11.2. The first-order valence-corrected chi connectivity index (χ1v) is 6.61. The summed E-state index contributed by atoms with van der Waals surface area (Å²) in [4.78, 5) is 9.00. The third kappa shape index (κ3) is 38.8. The number of aliphatic hydroxyl groups excluding tert-OH is 1. The van der Waals surface area contributed by atoms with E-state index in [1.54, 1.807) is 0 Å². The molecule has 4 nitrogen and oxygen atoms in total. The molecule has 0 spiro atoms. The normalized spacial score (nSPS) is 9.60. The lowest BCUT2D eigenvalue weighted by Gasteiger charge is -2.03. The number of rotatable bonds is 1. The summed E-state index contributed by atoms with van der Waals surface area (Å²) in [5.74, 6) is 0. The molecular formula is C2H7Cl3N2O2P. The van der Waals surface area contributed by atoms with Crippen molar-refractivity contribution in [3.63, 3.8) is 0 Å². The minimum Gasteiger partial charge on any atom is -0.389 e. The van der Waals surface area contributed by atoms with Gasteiger partial charge in [-0.3, -0.25) is 0 Å². The minimum atomic E-state index is -2.42. The van der Waals surface area contributed by atoms with Crippen LogP contribution in [-0.2, 0) is 0 Å². The van der Waals surface area contributed by atoms with Crippen molar-refractivity contribution >= 4 is 45.1 Å². The highest BCUT2D eigenvalue weighted by Gasteiger charge is 2.13. The summed E-state index contributed by atoms with van der Waals surface area (Å²) < 4.78 is 0. The number of urea groups is 1. The van der Waals surface area contributed by atoms with E-state index in [4.69, 9.17) is 43.6 Å². The summed E-state index contributed by atoms with van der Waals surface area (Å²) >= 11 is 15.3. The number of amides is 2. The monoisotopic (exact) mass is 227 g/mol. The third-order valence-corrected chi connectivity index (χ3v) is 1.44. The van der Waals surface area contributed by atoms with Crippen molar-refractivity contribution < 1.29 is 9.90 Å². The van der Waals surface area contributed by atoms with Crippen molar-refractivity contribution in [1.29, 1.82) is 0 Å². The summed E-state index contributed by atoms with van der Waals surface area (Å²) in [6.07, 6.45) is -0.322. The smallest absolute Gasteiger partial charge is 0.309 e. The Labute approximate surface area is 73.1 Å². The van der Waals surface area contributed by atoms with Crippen LogP contribution in [-0.4, -0.2) is 17.5 Å². The number of halogens is 3. The fourth-order valence-corrected chi connectivity index (χ4v) is 0. The third-order valence-electron chi connectivity index (χ3n) is 0.160. The van der Waals surface area contributed by atoms with Gasteiger partial charge in [0.2, 0.25) is 0 Å². The van der Waals surface area contributed by atoms with Gasteiger partial charge >= 0.3 is 6.03 Å². The predicted octanol–water partition coefficient (Wildman–Crippen LogP) is 1.44. The van der Waals surface area contributed by atoms with Crippen LogP contribution in [0.3, 0.4) is 0 Å². The molecule has 5 N–H and O–H groups in total. The van der Waals surface area contributed by atoms with E-state index in [0.717, 1.165) is 0 Å². The molecule has 0 saturated carbocycles. The molecule has 0 atom stereocenters. The number of hydrogen-bond donors (Lipinski definition) is 3. The first kappa shape index (κ1) is 13.1. The fraction of sp³-hybridized carbons (Fsp3) is 0.500. The van der Waals surface area contributed by atoms with E-state index in [9.17, 15) is 0 Å². The largest absolute Gasteiger partial charge is 0.389 e. The van der Waals surface area contributed by atoms with Gasteiger partial charge in [0.05, 0.1) is 6.35 Å². The van der Waals surface area contributed by atoms with Gasteiger partial charge in [0.1, 0.15) is 5.32 Å². The second kappa shape index (κ2) is 6.25. The molecule has 0 fully saturated rings. The molecule has 1 radical (unpaired) electrons. The maximum Gasteiger partial charge on any atom is 0.309 e. The second-order valence-electron chi connectivity index (χ2n) is 1.09. The zero-order chi connectivity index (χ0) is 8.78. The Morgan fingerprint density at radius 1 is 1.40 bits per heavy atom. The van der Waals surface area contributed by atoms with E-state index < -0.39 is 11.4 Å². The first-order chi connectivity index (χ1) is 4.29. The van der Waals surface area contributed by atoms with Gasteiger partial charge < -0.3 is 16.6 Å². The van der Waals surface area contributed by atoms with E-state index >= 15 is 0 Å². The van der Waals surface area contributed by atoms with Crippen LogP contribution >= 0.6 is 39.0 Å². The average molecular weight is 228 g/mol. The molecule has 0 bridgehead atoms. The topological polar surface area (TPSA) is 89.3 Å². The molecule has 0 unspecified atom stereocenters. The molecular weight excluding hydrogens is 221 g/mol. The van der Waals surface area contributed by atoms with Crippen molar-refractivity contribution in [1.82, 2.24) is 0 Å². The zero-order valence-electron chi connectivity index (χ0n) is 4.80. The van der Waals surface area contributed by atoms with Gasteiger partial charge in [0.15, 0.2) is 0 Å². The molecule has 0 saturated heterocycles. The van der Waals surface area contributed by atoms with Gasteiger partial charge in [0, 0.05) is 0 Å². The SMILES string of the molecule is NC(N)=O.OC[P](Cl)(Cl)Cl. The molecule has 8 heteroatoms. The Morgan fingerprint density at radius 3 is 1.50 bits per heavy atom. The van der Waals surface area contributed by atoms with Crippen molar-refractivity contribution in [3.05, 3.63) is 0 Å². The molecule has 0 aromatic carbocycles. The lowest BCUT2D eigenvalue weighted by Crippen LogP contribution is -2.18. The molecule has 0 aliphatic carbocycles. The minimum absolute atomic E-state index is 0.322. The number of carbonyl (C=O) groups excluding carboxylic acids is 1. The average Bonchev–Trinajstić information content (AvgIpc) is 1.63. The van der Waals surface area contributed by atoms with E-state index in [-0.39, 0.29) is 6.35 Å². The molecule has 0 aromatic heterocycles. The first-order valence-electron chi connectivity index (χ1n) is 1.92. The van der Waals surface area contributed by atoms with E-state index in [1.807, 2.05) is 0 Å². The Balaban J connectivity index is 0. The van der Waals surface area contributed by atoms with Gasteiger partial charge in [-0.1, -0.05) is 33.7 Å². The number of primary amides is 2. The lowest BCUT2D eigenvalue weighted by molar-refractivity contribution is 0.256. The van der Waals surface area contributed by atoms with E-state index in [0.29, 0.717) is 0 Å². The van der Waals surface area contributed by atoms with Crippen LogP contribution in [0.15, 0.2) is 0 Å². The van der Waals surface area contributed by atoms with E-state index in [2.05, 4.69) is 11.5 Å². The van der Waals surface area contributed by atoms with Crippen LogP contribution in [0.25, 0.3) is 0 Å². The number of aliphatic hydroxyl groups is 1. The highest BCUT2D eigenvalue weighted by molar-refractivity contribution is 8.32. The molecule has 63 valence electrons. The van der Waals surface area contributed by atoms with Crippen molar-refractivity contribution in [3.8, 4) is 0 Å². The maximum absolute atomic E-state index is 9.00. The molecule has 0 heterocycles.